The molecule has 1 atom stereocenters. The van der Waals surface area contributed by atoms with Crippen molar-refractivity contribution in [1.82, 2.24) is 19.4 Å². The number of hydrogen-bond donors (Lipinski definition) is 0. The zero-order chi connectivity index (χ0) is 26.9. The van der Waals surface area contributed by atoms with E-state index in [2.05, 4.69) is 104 Å². The van der Waals surface area contributed by atoms with E-state index in [-0.39, 0.29) is 5.92 Å². The van der Waals surface area contributed by atoms with Crippen molar-refractivity contribution in [3.8, 4) is 5.69 Å². The number of hydrogen-bond acceptors (Lipinski definition) is 4. The van der Waals surface area contributed by atoms with Crippen LogP contribution in [0.3, 0.4) is 0 Å². The number of carbonyl (C=O) groups is 1. The summed E-state index contributed by atoms with van der Waals surface area (Å²) >= 11 is 3.63. The second kappa shape index (κ2) is 11.1. The monoisotopic (exact) mass is 585 g/mol. The molecule has 6 rings (SSSR count). The average Bonchev–Trinajstić information content (AvgIpc) is 3.31. The fraction of sp³-hybridized carbons (Fsp3) is 0.375. The van der Waals surface area contributed by atoms with Crippen LogP contribution in [0.5, 0.6) is 0 Å². The van der Waals surface area contributed by atoms with Crippen molar-refractivity contribution in [2.75, 3.05) is 44.2 Å². The lowest BCUT2D eigenvalue weighted by Gasteiger charge is -2.40. The van der Waals surface area contributed by atoms with Gasteiger partial charge in [-0.2, -0.15) is 0 Å². The van der Waals surface area contributed by atoms with Crippen molar-refractivity contribution in [2.45, 2.75) is 33.2 Å². The Balaban J connectivity index is 1.14. The highest BCUT2D eigenvalue weighted by Gasteiger charge is 2.32. The molecule has 0 N–H and O–H groups in total. The predicted octanol–water partition coefficient (Wildman–Crippen LogP) is 5.97. The van der Waals surface area contributed by atoms with Crippen molar-refractivity contribution in [1.29, 1.82) is 0 Å². The van der Waals surface area contributed by atoms with E-state index in [0.29, 0.717) is 5.91 Å². The van der Waals surface area contributed by atoms with E-state index in [9.17, 15) is 4.79 Å². The van der Waals surface area contributed by atoms with Gasteiger partial charge in [0.15, 0.2) is 0 Å². The molecule has 4 aromatic rings. The highest BCUT2D eigenvalue weighted by atomic mass is 79.9. The molecule has 6 nitrogen and oxygen atoms in total. The van der Waals surface area contributed by atoms with E-state index in [1.165, 1.54) is 16.8 Å². The Labute approximate surface area is 239 Å². The van der Waals surface area contributed by atoms with Crippen molar-refractivity contribution < 1.29 is 4.79 Å². The number of carbonyl (C=O) groups excluding carboxylic acids is 1. The number of aromatic nitrogens is 2. The summed E-state index contributed by atoms with van der Waals surface area (Å²) in [5.74, 6) is 1.39. The largest absolute Gasteiger partial charge is 0.368 e. The number of nitrogens with zero attached hydrogens (tertiary/aromatic N) is 5. The van der Waals surface area contributed by atoms with Crippen molar-refractivity contribution >= 4 is 38.6 Å². The topological polar surface area (TPSA) is 44.6 Å². The van der Waals surface area contributed by atoms with Crippen LogP contribution in [0.25, 0.3) is 16.7 Å². The minimum atomic E-state index is 0.0510. The lowest BCUT2D eigenvalue weighted by molar-refractivity contribution is -0.137. The van der Waals surface area contributed by atoms with Gasteiger partial charge in [-0.15, -0.1) is 0 Å². The zero-order valence-electron chi connectivity index (χ0n) is 22.8. The molecule has 0 aliphatic carbocycles. The Morgan fingerprint density at radius 3 is 2.56 bits per heavy atom. The number of benzene rings is 3. The predicted molar refractivity (Wildman–Crippen MR) is 161 cm³/mol. The molecule has 0 unspecified atom stereocenters. The molecule has 2 fully saturated rings. The molecule has 3 heterocycles. The van der Waals surface area contributed by atoms with Crippen LogP contribution in [0.1, 0.15) is 29.8 Å². The molecule has 1 aromatic heterocycles. The van der Waals surface area contributed by atoms with Crippen LogP contribution in [0.4, 0.5) is 5.69 Å². The average molecular weight is 587 g/mol. The fourth-order valence-electron chi connectivity index (χ4n) is 6.27. The maximum atomic E-state index is 13.6. The van der Waals surface area contributed by atoms with Crippen LogP contribution in [0.2, 0.25) is 0 Å². The van der Waals surface area contributed by atoms with Crippen molar-refractivity contribution in [3.63, 3.8) is 0 Å². The van der Waals surface area contributed by atoms with E-state index in [0.717, 1.165) is 85.7 Å². The van der Waals surface area contributed by atoms with E-state index >= 15 is 0 Å². The number of halogens is 1. The molecule has 0 spiro atoms. The third kappa shape index (κ3) is 5.48. The van der Waals surface area contributed by atoms with Crippen LogP contribution < -0.4 is 4.90 Å². The molecule has 202 valence electrons. The first kappa shape index (κ1) is 26.1. The van der Waals surface area contributed by atoms with E-state index in [1.54, 1.807) is 0 Å². The van der Waals surface area contributed by atoms with Crippen LogP contribution in [-0.4, -0.2) is 64.5 Å². The van der Waals surface area contributed by atoms with Gasteiger partial charge in [0.1, 0.15) is 5.82 Å². The SMILES string of the molecule is Cc1ccc(N2CCN(C(=O)[C@@H]3CCCN(Cc4nc5ccccc5n4-c4cccc(Br)c4)C3)CC2)c(C)c1. The molecule has 2 aliphatic heterocycles. The summed E-state index contributed by atoms with van der Waals surface area (Å²) in [6.07, 6.45) is 2.00. The van der Waals surface area contributed by atoms with Crippen molar-refractivity contribution in [3.05, 3.63) is 88.2 Å². The third-order valence-corrected chi connectivity index (χ3v) is 8.69. The first-order valence-corrected chi connectivity index (χ1v) is 14.8. The summed E-state index contributed by atoms with van der Waals surface area (Å²) in [5, 5.41) is 0. The van der Waals surface area contributed by atoms with Gasteiger partial charge in [0.2, 0.25) is 5.91 Å². The zero-order valence-corrected chi connectivity index (χ0v) is 24.4. The summed E-state index contributed by atoms with van der Waals surface area (Å²) < 4.78 is 3.31. The molecule has 2 aliphatic rings. The van der Waals surface area contributed by atoms with Gasteiger partial charge in [-0.1, -0.05) is 51.8 Å². The van der Waals surface area contributed by atoms with Gasteiger partial charge in [-0.3, -0.25) is 14.3 Å². The number of amides is 1. The number of aryl methyl sites for hydroxylation is 2. The maximum absolute atomic E-state index is 13.6. The molecular formula is C32H36BrN5O. The minimum Gasteiger partial charge on any atom is -0.368 e. The van der Waals surface area contributed by atoms with Gasteiger partial charge in [-0.05, 0) is 75.2 Å². The Morgan fingerprint density at radius 1 is 0.949 bits per heavy atom. The normalized spacial score (nSPS) is 18.6. The molecule has 0 saturated carbocycles. The molecule has 1 amide bonds. The highest BCUT2D eigenvalue weighted by molar-refractivity contribution is 9.10. The lowest BCUT2D eigenvalue weighted by Crippen LogP contribution is -2.52. The number of likely N-dealkylation sites (tertiary alicyclic amines) is 1. The molecular weight excluding hydrogens is 550 g/mol. The number of fused-ring (bicyclic) bond motifs is 1. The summed E-state index contributed by atoms with van der Waals surface area (Å²) in [7, 11) is 0. The molecule has 7 heteroatoms. The Kier molecular flexibility index (Phi) is 7.45. The number of anilines is 1. The van der Waals surface area contributed by atoms with Gasteiger partial charge < -0.3 is 9.80 Å². The van der Waals surface area contributed by atoms with E-state index in [4.69, 9.17) is 4.98 Å². The Bertz CT molecular complexity index is 1490. The fourth-order valence-corrected chi connectivity index (χ4v) is 6.66. The Hall–Kier alpha value is -3.16. The molecule has 2 saturated heterocycles. The number of piperazine rings is 1. The molecule has 39 heavy (non-hydrogen) atoms. The molecule has 0 bridgehead atoms. The number of imidazole rings is 1. The maximum Gasteiger partial charge on any atom is 0.227 e. The standard InChI is InChI=1S/C32H36BrN5O/c1-23-12-13-29(24(2)19-23)36-15-17-37(18-16-36)32(39)25-7-6-14-35(21-25)22-31-34-28-10-3-4-11-30(28)38(31)27-9-5-8-26(33)20-27/h3-5,8-13,19-20,25H,6-7,14-18,21-22H2,1-2H3/t25-/m1/s1. The summed E-state index contributed by atoms with van der Waals surface area (Å²) in [4.78, 5) is 25.6. The van der Waals surface area contributed by atoms with E-state index < -0.39 is 0 Å². The van der Waals surface area contributed by atoms with Gasteiger partial charge in [0.05, 0.1) is 23.5 Å². The Morgan fingerprint density at radius 2 is 1.77 bits per heavy atom. The van der Waals surface area contributed by atoms with Gasteiger partial charge in [0, 0.05) is 48.6 Å². The number of piperidine rings is 1. The van der Waals surface area contributed by atoms with Crippen LogP contribution in [-0.2, 0) is 11.3 Å². The summed E-state index contributed by atoms with van der Waals surface area (Å²) in [6.45, 7) is 10.2. The summed E-state index contributed by atoms with van der Waals surface area (Å²) in [5.41, 5.74) is 7.10. The van der Waals surface area contributed by atoms with E-state index in [1.807, 2.05) is 12.1 Å². The van der Waals surface area contributed by atoms with Crippen LogP contribution in [0, 0.1) is 19.8 Å². The minimum absolute atomic E-state index is 0.0510. The third-order valence-electron chi connectivity index (χ3n) is 8.20. The van der Waals surface area contributed by atoms with Crippen LogP contribution >= 0.6 is 15.9 Å². The van der Waals surface area contributed by atoms with Gasteiger partial charge in [-0.25, -0.2) is 4.98 Å². The lowest BCUT2D eigenvalue weighted by atomic mass is 9.96. The highest BCUT2D eigenvalue weighted by Crippen LogP contribution is 2.28. The van der Waals surface area contributed by atoms with Crippen LogP contribution in [0.15, 0.2) is 71.2 Å². The van der Waals surface area contributed by atoms with Crippen molar-refractivity contribution in [2.24, 2.45) is 5.92 Å². The first-order chi connectivity index (χ1) is 19.0. The number of para-hydroxylation sites is 2. The van der Waals surface area contributed by atoms with Gasteiger partial charge in [0.25, 0.3) is 0 Å². The second-order valence-electron chi connectivity index (χ2n) is 11.0. The quantitative estimate of drug-likeness (QED) is 0.289. The number of rotatable bonds is 5. The smallest absolute Gasteiger partial charge is 0.227 e. The molecule has 0 radical (unpaired) electrons. The molecule has 3 aromatic carbocycles. The van der Waals surface area contributed by atoms with Gasteiger partial charge >= 0.3 is 0 Å². The first-order valence-electron chi connectivity index (χ1n) is 14.0. The summed E-state index contributed by atoms with van der Waals surface area (Å²) in [6, 6.07) is 23.3. The second-order valence-corrected chi connectivity index (χ2v) is 11.9.